The van der Waals surface area contributed by atoms with Crippen molar-refractivity contribution in [3.63, 3.8) is 0 Å². The van der Waals surface area contributed by atoms with Gasteiger partial charge in [0.05, 0.1) is 11.8 Å². The van der Waals surface area contributed by atoms with E-state index in [0.717, 1.165) is 19.3 Å². The van der Waals surface area contributed by atoms with Gasteiger partial charge in [-0.2, -0.15) is 5.06 Å². The average molecular weight is 181 g/mol. The topological polar surface area (TPSA) is 57.6 Å². The predicted octanol–water partition coefficient (Wildman–Crippen LogP) is 0.407. The summed E-state index contributed by atoms with van der Waals surface area (Å²) in [5.41, 5.74) is 0. The first kappa shape index (κ1) is 7.50. The molecule has 4 atom stereocenters. The fourth-order valence-electron chi connectivity index (χ4n) is 3.39. The van der Waals surface area contributed by atoms with Crippen LogP contribution in [0.25, 0.3) is 0 Å². The Bertz CT molecular complexity index is 273. The van der Waals surface area contributed by atoms with Crippen LogP contribution >= 0.6 is 0 Å². The van der Waals surface area contributed by atoms with Gasteiger partial charge < -0.3 is 0 Å². The van der Waals surface area contributed by atoms with E-state index in [-0.39, 0.29) is 23.7 Å². The van der Waals surface area contributed by atoms with Gasteiger partial charge in [0, 0.05) is 0 Å². The molecule has 0 unspecified atom stereocenters. The molecule has 0 aromatic rings. The van der Waals surface area contributed by atoms with Gasteiger partial charge in [-0.1, -0.05) is 0 Å². The van der Waals surface area contributed by atoms with Crippen molar-refractivity contribution in [2.24, 2.45) is 23.7 Å². The lowest BCUT2D eigenvalue weighted by Crippen LogP contribution is -2.29. The van der Waals surface area contributed by atoms with Gasteiger partial charge in [0.25, 0.3) is 11.8 Å². The Morgan fingerprint density at radius 3 is 2.00 bits per heavy atom. The Hall–Kier alpha value is -0.900. The van der Waals surface area contributed by atoms with Gasteiger partial charge in [-0.05, 0) is 31.1 Å². The summed E-state index contributed by atoms with van der Waals surface area (Å²) in [6.07, 6.45) is 3.12. The molecule has 1 N–H and O–H groups in total. The number of nitrogens with zero attached hydrogens (tertiary/aromatic N) is 1. The SMILES string of the molecule is O=C1[C@@H]2[C@H]3CC[C@@H](C3)[C@@H]2C(=O)N1O. The lowest BCUT2D eigenvalue weighted by atomic mass is 9.81. The van der Waals surface area contributed by atoms with Gasteiger partial charge in [-0.3, -0.25) is 14.8 Å². The lowest BCUT2D eigenvalue weighted by Gasteiger charge is -2.18. The Morgan fingerprint density at radius 2 is 1.54 bits per heavy atom. The largest absolute Gasteiger partial charge is 0.278 e. The van der Waals surface area contributed by atoms with Crippen molar-refractivity contribution >= 4 is 11.8 Å². The van der Waals surface area contributed by atoms with Gasteiger partial charge in [0.1, 0.15) is 0 Å². The third-order valence-electron chi connectivity index (χ3n) is 3.90. The second kappa shape index (κ2) is 2.12. The minimum Gasteiger partial charge on any atom is -0.278 e. The van der Waals surface area contributed by atoms with Crippen molar-refractivity contribution in [1.29, 1.82) is 0 Å². The summed E-state index contributed by atoms with van der Waals surface area (Å²) in [5.74, 6) is -0.357. The Morgan fingerprint density at radius 1 is 1.08 bits per heavy atom. The normalized spacial score (nSPS) is 47.6. The molecule has 0 aromatic carbocycles. The summed E-state index contributed by atoms with van der Waals surface area (Å²) in [6, 6.07) is 0. The number of hydrogen-bond donors (Lipinski definition) is 1. The first-order chi connectivity index (χ1) is 6.20. The van der Waals surface area contributed by atoms with E-state index in [9.17, 15) is 9.59 Å². The monoisotopic (exact) mass is 181 g/mol. The number of hydrogen-bond acceptors (Lipinski definition) is 3. The standard InChI is InChI=1S/C9H11NO3/c11-8-6-4-1-2-5(3-4)7(6)9(12)10(8)13/h4-7,13H,1-3H2/t4-,5-,6-,7+/m0/s1. The first-order valence-electron chi connectivity index (χ1n) is 4.77. The van der Waals surface area contributed by atoms with E-state index in [1.54, 1.807) is 0 Å². The zero-order chi connectivity index (χ0) is 9.16. The molecule has 2 saturated carbocycles. The molecule has 70 valence electrons. The summed E-state index contributed by atoms with van der Waals surface area (Å²) < 4.78 is 0. The Kier molecular flexibility index (Phi) is 1.22. The van der Waals surface area contributed by atoms with Crippen molar-refractivity contribution < 1.29 is 14.8 Å². The van der Waals surface area contributed by atoms with E-state index in [2.05, 4.69) is 0 Å². The van der Waals surface area contributed by atoms with Crippen molar-refractivity contribution in [2.45, 2.75) is 19.3 Å². The van der Waals surface area contributed by atoms with Crippen LogP contribution in [-0.4, -0.2) is 22.1 Å². The zero-order valence-corrected chi connectivity index (χ0v) is 7.14. The molecule has 4 nitrogen and oxygen atoms in total. The van der Waals surface area contributed by atoms with Crippen LogP contribution < -0.4 is 0 Å². The summed E-state index contributed by atoms with van der Waals surface area (Å²) >= 11 is 0. The van der Waals surface area contributed by atoms with Crippen LogP contribution in [0, 0.1) is 23.7 Å². The minimum atomic E-state index is -0.359. The molecule has 3 rings (SSSR count). The summed E-state index contributed by atoms with van der Waals surface area (Å²) in [5, 5.41) is 9.52. The van der Waals surface area contributed by atoms with E-state index < -0.39 is 0 Å². The van der Waals surface area contributed by atoms with Crippen LogP contribution in [0.3, 0.4) is 0 Å². The molecule has 13 heavy (non-hydrogen) atoms. The summed E-state index contributed by atoms with van der Waals surface area (Å²) in [6.45, 7) is 0. The second-order valence-electron chi connectivity index (χ2n) is 4.37. The quantitative estimate of drug-likeness (QED) is 0.435. The molecular weight excluding hydrogens is 170 g/mol. The van der Waals surface area contributed by atoms with E-state index in [1.807, 2.05) is 0 Å². The molecule has 4 heteroatoms. The van der Waals surface area contributed by atoms with E-state index in [4.69, 9.17) is 5.21 Å². The zero-order valence-electron chi connectivity index (χ0n) is 7.14. The molecule has 0 spiro atoms. The third-order valence-corrected chi connectivity index (χ3v) is 3.90. The van der Waals surface area contributed by atoms with Crippen molar-refractivity contribution in [3.05, 3.63) is 0 Å². The van der Waals surface area contributed by atoms with Crippen molar-refractivity contribution in [2.75, 3.05) is 0 Å². The maximum Gasteiger partial charge on any atom is 0.257 e. The minimum absolute atomic E-state index is 0.184. The highest BCUT2D eigenvalue weighted by atomic mass is 16.5. The molecule has 1 heterocycles. The third kappa shape index (κ3) is 0.705. The average Bonchev–Trinajstić information content (AvgIpc) is 2.76. The second-order valence-corrected chi connectivity index (χ2v) is 4.37. The molecule has 2 bridgehead atoms. The smallest absolute Gasteiger partial charge is 0.257 e. The lowest BCUT2D eigenvalue weighted by molar-refractivity contribution is -0.174. The molecule has 1 aliphatic heterocycles. The number of imide groups is 1. The number of amides is 2. The van der Waals surface area contributed by atoms with Gasteiger partial charge >= 0.3 is 0 Å². The molecule has 3 fully saturated rings. The highest BCUT2D eigenvalue weighted by Gasteiger charge is 2.60. The summed E-state index contributed by atoms with van der Waals surface area (Å²) in [7, 11) is 0. The van der Waals surface area contributed by atoms with Gasteiger partial charge in [-0.15, -0.1) is 0 Å². The fraction of sp³-hybridized carbons (Fsp3) is 0.778. The molecule has 3 aliphatic rings. The maximum atomic E-state index is 11.4. The highest BCUT2D eigenvalue weighted by Crippen LogP contribution is 2.55. The van der Waals surface area contributed by atoms with E-state index >= 15 is 0 Å². The van der Waals surface area contributed by atoms with Crippen LogP contribution in [-0.2, 0) is 9.59 Å². The van der Waals surface area contributed by atoms with Crippen LogP contribution in [0.4, 0.5) is 0 Å². The molecule has 2 aliphatic carbocycles. The first-order valence-corrected chi connectivity index (χ1v) is 4.77. The van der Waals surface area contributed by atoms with Gasteiger partial charge in [0.15, 0.2) is 0 Å². The maximum absolute atomic E-state index is 11.4. The van der Waals surface area contributed by atoms with Crippen LogP contribution in [0.2, 0.25) is 0 Å². The van der Waals surface area contributed by atoms with Crippen molar-refractivity contribution in [1.82, 2.24) is 5.06 Å². The molecular formula is C9H11NO3. The Balaban J connectivity index is 2.03. The van der Waals surface area contributed by atoms with Crippen LogP contribution in [0.15, 0.2) is 0 Å². The number of carbonyl (C=O) groups excluding carboxylic acids is 2. The van der Waals surface area contributed by atoms with Crippen LogP contribution in [0.1, 0.15) is 19.3 Å². The van der Waals surface area contributed by atoms with Crippen molar-refractivity contribution in [3.8, 4) is 0 Å². The fourth-order valence-corrected chi connectivity index (χ4v) is 3.39. The van der Waals surface area contributed by atoms with Gasteiger partial charge in [-0.25, -0.2) is 0 Å². The van der Waals surface area contributed by atoms with E-state index in [0.29, 0.717) is 16.9 Å². The number of rotatable bonds is 0. The van der Waals surface area contributed by atoms with E-state index in [1.165, 1.54) is 0 Å². The van der Waals surface area contributed by atoms with Gasteiger partial charge in [0.2, 0.25) is 0 Å². The highest BCUT2D eigenvalue weighted by molar-refractivity contribution is 6.04. The summed E-state index contributed by atoms with van der Waals surface area (Å²) in [4.78, 5) is 22.9. The number of carbonyl (C=O) groups is 2. The molecule has 1 saturated heterocycles. The molecule has 0 radical (unpaired) electrons. The molecule has 2 amide bonds. The molecule has 0 aromatic heterocycles. The van der Waals surface area contributed by atoms with Crippen LogP contribution in [0.5, 0.6) is 0 Å². The number of hydroxylamine groups is 2. The predicted molar refractivity (Wildman–Crippen MR) is 41.5 cm³/mol. The number of fused-ring (bicyclic) bond motifs is 5. The Labute approximate surface area is 75.5 Å².